The van der Waals surface area contributed by atoms with E-state index >= 15 is 0 Å². The van der Waals surface area contributed by atoms with Crippen molar-refractivity contribution in [1.29, 1.82) is 0 Å². The molecule has 0 aliphatic carbocycles. The molecular weight excluding hydrogens is 301 g/mol. The van der Waals surface area contributed by atoms with Gasteiger partial charge in [0.25, 0.3) is 0 Å². The predicted octanol–water partition coefficient (Wildman–Crippen LogP) is 3.13. The fraction of sp³-hybridized carbons (Fsp3) is 0.167. The molecule has 0 amide bonds. The van der Waals surface area contributed by atoms with E-state index in [9.17, 15) is 0 Å². The maximum absolute atomic E-state index is 6.07. The van der Waals surface area contributed by atoms with Gasteiger partial charge in [-0.05, 0) is 52.4 Å². The van der Waals surface area contributed by atoms with Crippen LogP contribution in [0.5, 0.6) is 0 Å². The van der Waals surface area contributed by atoms with Gasteiger partial charge in [0.2, 0.25) is 0 Å². The van der Waals surface area contributed by atoms with Gasteiger partial charge in [-0.15, -0.1) is 0 Å². The molecule has 0 aliphatic heterocycles. The first-order valence-electron chi connectivity index (χ1n) is 4.79. The lowest BCUT2D eigenvalue weighted by Gasteiger charge is -2.10. The zero-order chi connectivity index (χ0) is 10.7. The number of furan rings is 1. The molecule has 1 unspecified atom stereocenters. The molecule has 0 radical (unpaired) electrons. The second kappa shape index (κ2) is 4.81. The van der Waals surface area contributed by atoms with Crippen LogP contribution in [0, 0.1) is 3.57 Å². The summed E-state index contributed by atoms with van der Waals surface area (Å²) in [5, 5.41) is 0. The van der Waals surface area contributed by atoms with Gasteiger partial charge in [0, 0.05) is 16.0 Å². The first kappa shape index (κ1) is 10.7. The largest absolute Gasteiger partial charge is 0.469 e. The van der Waals surface area contributed by atoms with E-state index in [0.29, 0.717) is 0 Å². The van der Waals surface area contributed by atoms with Gasteiger partial charge in [-0.3, -0.25) is 0 Å². The highest BCUT2D eigenvalue weighted by atomic mass is 127. The van der Waals surface area contributed by atoms with Crippen LogP contribution in [0.25, 0.3) is 0 Å². The number of hydrogen-bond acceptors (Lipinski definition) is 2. The van der Waals surface area contributed by atoms with Crippen molar-refractivity contribution in [3.8, 4) is 0 Å². The Morgan fingerprint density at radius 3 is 2.53 bits per heavy atom. The second-order valence-corrected chi connectivity index (χ2v) is 4.69. The molecule has 1 aromatic heterocycles. The fourth-order valence-corrected chi connectivity index (χ4v) is 1.83. The summed E-state index contributed by atoms with van der Waals surface area (Å²) in [5.74, 6) is 0.932. The number of halogens is 1. The van der Waals surface area contributed by atoms with Crippen molar-refractivity contribution >= 4 is 22.6 Å². The summed E-state index contributed by atoms with van der Waals surface area (Å²) in [7, 11) is 0. The van der Waals surface area contributed by atoms with E-state index in [1.807, 2.05) is 12.1 Å². The summed E-state index contributed by atoms with van der Waals surface area (Å²) in [4.78, 5) is 0. The van der Waals surface area contributed by atoms with Crippen LogP contribution < -0.4 is 5.73 Å². The summed E-state index contributed by atoms with van der Waals surface area (Å²) in [6.07, 6.45) is 2.42. The monoisotopic (exact) mass is 313 g/mol. The van der Waals surface area contributed by atoms with Crippen molar-refractivity contribution in [2.24, 2.45) is 5.73 Å². The molecule has 2 N–H and O–H groups in total. The molecule has 2 rings (SSSR count). The summed E-state index contributed by atoms with van der Waals surface area (Å²) in [6.45, 7) is 0. The quantitative estimate of drug-likeness (QED) is 0.884. The van der Waals surface area contributed by atoms with Crippen LogP contribution >= 0.6 is 22.6 Å². The Kier molecular flexibility index (Phi) is 3.43. The first-order valence-corrected chi connectivity index (χ1v) is 5.87. The SMILES string of the molecule is NC(Cc1ccco1)c1ccc(I)cc1. The zero-order valence-corrected chi connectivity index (χ0v) is 10.3. The number of nitrogens with two attached hydrogens (primary N) is 1. The lowest BCUT2D eigenvalue weighted by Crippen LogP contribution is -2.12. The molecule has 2 nitrogen and oxygen atoms in total. The lowest BCUT2D eigenvalue weighted by molar-refractivity contribution is 0.488. The molecule has 78 valence electrons. The van der Waals surface area contributed by atoms with Crippen LogP contribution in [0.3, 0.4) is 0 Å². The average Bonchev–Trinajstić information content (AvgIpc) is 2.71. The van der Waals surface area contributed by atoms with Gasteiger partial charge in [-0.1, -0.05) is 12.1 Å². The van der Waals surface area contributed by atoms with E-state index < -0.39 is 0 Å². The van der Waals surface area contributed by atoms with Gasteiger partial charge in [0.1, 0.15) is 5.76 Å². The van der Waals surface area contributed by atoms with E-state index in [2.05, 4.69) is 46.9 Å². The van der Waals surface area contributed by atoms with Gasteiger partial charge >= 0.3 is 0 Å². The van der Waals surface area contributed by atoms with Gasteiger partial charge in [-0.25, -0.2) is 0 Å². The highest BCUT2D eigenvalue weighted by Crippen LogP contribution is 2.17. The Hall–Kier alpha value is -0.810. The molecule has 0 saturated carbocycles. The number of hydrogen-bond donors (Lipinski definition) is 1. The van der Waals surface area contributed by atoms with Crippen LogP contribution in [0.2, 0.25) is 0 Å². The van der Waals surface area contributed by atoms with E-state index in [4.69, 9.17) is 10.2 Å². The van der Waals surface area contributed by atoms with Gasteiger partial charge < -0.3 is 10.2 Å². The molecular formula is C12H12INO. The molecule has 0 aliphatic rings. The predicted molar refractivity (Wildman–Crippen MR) is 68.5 cm³/mol. The van der Waals surface area contributed by atoms with Crippen LogP contribution in [0.1, 0.15) is 17.4 Å². The molecule has 1 aromatic carbocycles. The molecule has 3 heteroatoms. The topological polar surface area (TPSA) is 39.2 Å². The summed E-state index contributed by atoms with van der Waals surface area (Å²) < 4.78 is 6.49. The van der Waals surface area contributed by atoms with Crippen molar-refractivity contribution < 1.29 is 4.42 Å². The Labute approximate surface area is 103 Å². The smallest absolute Gasteiger partial charge is 0.105 e. The highest BCUT2D eigenvalue weighted by Gasteiger charge is 2.08. The van der Waals surface area contributed by atoms with Crippen molar-refractivity contribution in [3.05, 3.63) is 57.6 Å². The maximum atomic E-state index is 6.07. The summed E-state index contributed by atoms with van der Waals surface area (Å²) >= 11 is 2.28. The van der Waals surface area contributed by atoms with Gasteiger partial charge in [0.15, 0.2) is 0 Å². The Morgan fingerprint density at radius 2 is 1.93 bits per heavy atom. The van der Waals surface area contributed by atoms with E-state index in [0.717, 1.165) is 17.7 Å². The minimum Gasteiger partial charge on any atom is -0.469 e. The van der Waals surface area contributed by atoms with E-state index in [1.165, 1.54) is 3.57 Å². The first-order chi connectivity index (χ1) is 7.25. The Bertz CT molecular complexity index is 408. The lowest BCUT2D eigenvalue weighted by atomic mass is 10.0. The molecule has 0 spiro atoms. The molecule has 1 atom stereocenters. The number of benzene rings is 1. The Morgan fingerprint density at radius 1 is 1.20 bits per heavy atom. The van der Waals surface area contributed by atoms with Crippen LogP contribution in [-0.2, 0) is 6.42 Å². The van der Waals surface area contributed by atoms with Gasteiger partial charge in [-0.2, -0.15) is 0 Å². The highest BCUT2D eigenvalue weighted by molar-refractivity contribution is 14.1. The van der Waals surface area contributed by atoms with Crippen molar-refractivity contribution in [3.63, 3.8) is 0 Å². The summed E-state index contributed by atoms with van der Waals surface area (Å²) in [5.41, 5.74) is 7.22. The van der Waals surface area contributed by atoms with E-state index in [-0.39, 0.29) is 6.04 Å². The normalized spacial score (nSPS) is 12.7. The molecule has 0 saturated heterocycles. The molecule has 2 aromatic rings. The fourth-order valence-electron chi connectivity index (χ4n) is 1.47. The molecule has 15 heavy (non-hydrogen) atoms. The van der Waals surface area contributed by atoms with E-state index in [1.54, 1.807) is 6.26 Å². The Balaban J connectivity index is 2.08. The van der Waals surface area contributed by atoms with Crippen molar-refractivity contribution in [2.45, 2.75) is 12.5 Å². The second-order valence-electron chi connectivity index (χ2n) is 3.44. The van der Waals surface area contributed by atoms with Gasteiger partial charge in [0.05, 0.1) is 6.26 Å². The number of rotatable bonds is 3. The molecule has 0 bridgehead atoms. The van der Waals surface area contributed by atoms with Crippen molar-refractivity contribution in [1.82, 2.24) is 0 Å². The standard InChI is InChI=1S/C12H12INO/c13-10-5-3-9(4-6-10)12(14)8-11-2-1-7-15-11/h1-7,12H,8,14H2. The third kappa shape index (κ3) is 2.82. The third-order valence-electron chi connectivity index (χ3n) is 2.30. The zero-order valence-electron chi connectivity index (χ0n) is 8.19. The van der Waals surface area contributed by atoms with Crippen LogP contribution in [0.4, 0.5) is 0 Å². The van der Waals surface area contributed by atoms with Crippen molar-refractivity contribution in [2.75, 3.05) is 0 Å². The van der Waals surface area contributed by atoms with Crippen LogP contribution in [0.15, 0.2) is 47.1 Å². The summed E-state index contributed by atoms with van der Waals surface area (Å²) in [6, 6.07) is 12.1. The third-order valence-corrected chi connectivity index (χ3v) is 3.02. The maximum Gasteiger partial charge on any atom is 0.105 e. The molecule has 1 heterocycles. The van der Waals surface area contributed by atoms with Crippen LogP contribution in [-0.4, -0.2) is 0 Å². The average molecular weight is 313 g/mol. The molecule has 0 fully saturated rings. The minimum absolute atomic E-state index is 0.00755. The minimum atomic E-state index is 0.00755.